The largest absolute Gasteiger partial charge is 0.298 e. The zero-order valence-electron chi connectivity index (χ0n) is 7.92. The van der Waals surface area contributed by atoms with Gasteiger partial charge in [0.1, 0.15) is 0 Å². The fraction of sp³-hybridized carbons (Fsp3) is 1.00. The Bertz CT molecular complexity index is 109. The quantitative estimate of drug-likeness (QED) is 0.661. The van der Waals surface area contributed by atoms with Crippen LogP contribution in [-0.4, -0.2) is 12.1 Å². The van der Waals surface area contributed by atoms with E-state index in [1.165, 1.54) is 0 Å². The number of hydroxylamine groups is 1. The van der Waals surface area contributed by atoms with Gasteiger partial charge in [-0.3, -0.25) is 4.84 Å². The fourth-order valence-electron chi connectivity index (χ4n) is 1.34. The molecule has 0 spiro atoms. The third-order valence-electron chi connectivity index (χ3n) is 2.41. The summed E-state index contributed by atoms with van der Waals surface area (Å²) in [6.07, 6.45) is 1.58. The number of hydrogen-bond acceptors (Lipinski definition) is 2. The van der Waals surface area contributed by atoms with Gasteiger partial charge < -0.3 is 0 Å². The molecule has 0 aromatic heterocycles. The first-order valence-corrected chi connectivity index (χ1v) is 4.52. The molecule has 1 rings (SSSR count). The first kappa shape index (κ1) is 9.01. The van der Waals surface area contributed by atoms with Crippen LogP contribution in [0.25, 0.3) is 0 Å². The Morgan fingerprint density at radius 1 is 1.18 bits per heavy atom. The van der Waals surface area contributed by atoms with E-state index in [1.54, 1.807) is 0 Å². The van der Waals surface area contributed by atoms with Crippen molar-refractivity contribution in [2.24, 2.45) is 11.8 Å². The summed E-state index contributed by atoms with van der Waals surface area (Å²) in [6, 6.07) is 0.558. The lowest BCUT2D eigenvalue weighted by molar-refractivity contribution is 0.0000412. The molecule has 2 unspecified atom stereocenters. The van der Waals surface area contributed by atoms with Gasteiger partial charge in [0.25, 0.3) is 0 Å². The summed E-state index contributed by atoms with van der Waals surface area (Å²) in [5, 5.41) is 0. The minimum atomic E-state index is 0.419. The Balaban J connectivity index is 2.35. The molecule has 1 saturated heterocycles. The highest BCUT2D eigenvalue weighted by Crippen LogP contribution is 2.22. The lowest BCUT2D eigenvalue weighted by atomic mass is 9.95. The molecule has 0 aliphatic carbocycles. The van der Waals surface area contributed by atoms with Gasteiger partial charge in [-0.05, 0) is 18.3 Å². The predicted octanol–water partition coefficient (Wildman–Crippen LogP) is 1.96. The highest BCUT2D eigenvalue weighted by Gasteiger charge is 2.29. The van der Waals surface area contributed by atoms with Gasteiger partial charge in [-0.25, -0.2) is 0 Å². The molecular formula is C9H19NO. The molecule has 2 atom stereocenters. The summed E-state index contributed by atoms with van der Waals surface area (Å²) in [7, 11) is 0. The predicted molar refractivity (Wildman–Crippen MR) is 46.1 cm³/mol. The number of nitrogens with one attached hydrogen (secondary N) is 1. The molecule has 66 valence electrons. The summed E-state index contributed by atoms with van der Waals surface area (Å²) in [6.45, 7) is 8.86. The van der Waals surface area contributed by atoms with Crippen molar-refractivity contribution in [3.8, 4) is 0 Å². The SMILES string of the molecule is CC(C)C1CC(C(C)C)ON1. The number of rotatable bonds is 2. The molecule has 0 aromatic carbocycles. The zero-order chi connectivity index (χ0) is 8.43. The molecule has 11 heavy (non-hydrogen) atoms. The van der Waals surface area contributed by atoms with Crippen LogP contribution >= 0.6 is 0 Å². The maximum Gasteiger partial charge on any atom is 0.0829 e. The maximum atomic E-state index is 5.44. The summed E-state index contributed by atoms with van der Waals surface area (Å²) < 4.78 is 0. The molecule has 1 N–H and O–H groups in total. The van der Waals surface area contributed by atoms with Crippen molar-refractivity contribution in [1.82, 2.24) is 5.48 Å². The third kappa shape index (κ3) is 2.17. The van der Waals surface area contributed by atoms with Gasteiger partial charge in [0.2, 0.25) is 0 Å². The smallest absolute Gasteiger partial charge is 0.0829 e. The van der Waals surface area contributed by atoms with Crippen LogP contribution in [-0.2, 0) is 4.84 Å². The Labute approximate surface area is 69.3 Å². The number of hydrogen-bond donors (Lipinski definition) is 1. The molecule has 1 fully saturated rings. The van der Waals surface area contributed by atoms with E-state index in [2.05, 4.69) is 33.2 Å². The van der Waals surface area contributed by atoms with Crippen molar-refractivity contribution in [3.63, 3.8) is 0 Å². The van der Waals surface area contributed by atoms with Gasteiger partial charge >= 0.3 is 0 Å². The molecule has 1 aliphatic heterocycles. The molecular weight excluding hydrogens is 138 g/mol. The van der Waals surface area contributed by atoms with Crippen LogP contribution < -0.4 is 5.48 Å². The highest BCUT2D eigenvalue weighted by molar-refractivity contribution is 4.78. The topological polar surface area (TPSA) is 21.3 Å². The van der Waals surface area contributed by atoms with E-state index >= 15 is 0 Å². The van der Waals surface area contributed by atoms with Crippen LogP contribution in [0.5, 0.6) is 0 Å². The lowest BCUT2D eigenvalue weighted by Gasteiger charge is -2.12. The Morgan fingerprint density at radius 2 is 1.82 bits per heavy atom. The fourth-order valence-corrected chi connectivity index (χ4v) is 1.34. The van der Waals surface area contributed by atoms with Crippen molar-refractivity contribution in [3.05, 3.63) is 0 Å². The van der Waals surface area contributed by atoms with E-state index in [0.717, 1.165) is 6.42 Å². The highest BCUT2D eigenvalue weighted by atomic mass is 16.7. The second-order valence-electron chi connectivity index (χ2n) is 4.10. The van der Waals surface area contributed by atoms with Gasteiger partial charge in [0.05, 0.1) is 6.10 Å². The zero-order valence-corrected chi connectivity index (χ0v) is 7.92. The second kappa shape index (κ2) is 3.55. The van der Waals surface area contributed by atoms with Crippen molar-refractivity contribution in [2.75, 3.05) is 0 Å². The molecule has 0 bridgehead atoms. The Kier molecular flexibility index (Phi) is 2.90. The Morgan fingerprint density at radius 3 is 2.09 bits per heavy atom. The average molecular weight is 157 g/mol. The summed E-state index contributed by atoms with van der Waals surface area (Å²) >= 11 is 0. The Hall–Kier alpha value is -0.0800. The van der Waals surface area contributed by atoms with E-state index in [1.807, 2.05) is 0 Å². The van der Waals surface area contributed by atoms with Gasteiger partial charge in [0, 0.05) is 6.04 Å². The van der Waals surface area contributed by atoms with E-state index in [9.17, 15) is 0 Å². The van der Waals surface area contributed by atoms with Gasteiger partial charge in [-0.2, -0.15) is 5.48 Å². The molecule has 0 radical (unpaired) electrons. The monoisotopic (exact) mass is 157 g/mol. The van der Waals surface area contributed by atoms with Crippen LogP contribution in [0, 0.1) is 11.8 Å². The van der Waals surface area contributed by atoms with Crippen molar-refractivity contribution in [1.29, 1.82) is 0 Å². The van der Waals surface area contributed by atoms with E-state index < -0.39 is 0 Å². The van der Waals surface area contributed by atoms with Crippen molar-refractivity contribution < 1.29 is 4.84 Å². The molecule has 1 aliphatic rings. The van der Waals surface area contributed by atoms with E-state index in [0.29, 0.717) is 24.0 Å². The van der Waals surface area contributed by atoms with Gasteiger partial charge in [-0.15, -0.1) is 0 Å². The second-order valence-corrected chi connectivity index (χ2v) is 4.10. The molecule has 0 amide bonds. The van der Waals surface area contributed by atoms with Crippen LogP contribution in [0.15, 0.2) is 0 Å². The van der Waals surface area contributed by atoms with Gasteiger partial charge in [-0.1, -0.05) is 27.7 Å². The maximum absolute atomic E-state index is 5.44. The summed E-state index contributed by atoms with van der Waals surface area (Å²) in [5.41, 5.74) is 3.09. The van der Waals surface area contributed by atoms with E-state index in [-0.39, 0.29) is 0 Å². The van der Waals surface area contributed by atoms with Crippen molar-refractivity contribution in [2.45, 2.75) is 46.3 Å². The third-order valence-corrected chi connectivity index (χ3v) is 2.41. The molecule has 2 nitrogen and oxygen atoms in total. The minimum Gasteiger partial charge on any atom is -0.298 e. The van der Waals surface area contributed by atoms with Crippen molar-refractivity contribution >= 4 is 0 Å². The van der Waals surface area contributed by atoms with Crippen LogP contribution in [0.4, 0.5) is 0 Å². The normalized spacial score (nSPS) is 32.2. The standard InChI is InChI=1S/C9H19NO/c1-6(2)8-5-9(7(3)4)11-10-8/h6-10H,5H2,1-4H3. The minimum absolute atomic E-state index is 0.419. The molecule has 1 heterocycles. The van der Waals surface area contributed by atoms with E-state index in [4.69, 9.17) is 4.84 Å². The lowest BCUT2D eigenvalue weighted by Crippen LogP contribution is -2.25. The molecule has 0 aromatic rings. The first-order valence-electron chi connectivity index (χ1n) is 4.52. The van der Waals surface area contributed by atoms with Crippen LogP contribution in [0.3, 0.4) is 0 Å². The van der Waals surface area contributed by atoms with Gasteiger partial charge in [0.15, 0.2) is 0 Å². The molecule has 0 saturated carbocycles. The molecule has 2 heteroatoms. The van der Waals surface area contributed by atoms with Crippen LogP contribution in [0.1, 0.15) is 34.1 Å². The first-order chi connectivity index (χ1) is 5.11. The van der Waals surface area contributed by atoms with Crippen LogP contribution in [0.2, 0.25) is 0 Å². The summed E-state index contributed by atoms with van der Waals surface area (Å²) in [5.74, 6) is 1.31. The summed E-state index contributed by atoms with van der Waals surface area (Å²) in [4.78, 5) is 5.44. The average Bonchev–Trinajstić information content (AvgIpc) is 2.33.